The van der Waals surface area contributed by atoms with E-state index in [1.165, 1.54) is 36.4 Å². The molecule has 0 heterocycles. The summed E-state index contributed by atoms with van der Waals surface area (Å²) in [5.74, 6) is 0. The topological polar surface area (TPSA) is 20.2 Å². The number of hydrogen-bond acceptors (Lipinski definition) is 1. The van der Waals surface area contributed by atoms with Gasteiger partial charge in [0.1, 0.15) is 6.10 Å². The molecule has 2 rings (SSSR count). The molecular weight excluding hydrogens is 312 g/mol. The Morgan fingerprint density at radius 3 is 2.05 bits per heavy atom. The second kappa shape index (κ2) is 5.64. The third kappa shape index (κ3) is 3.26. The molecule has 1 atom stereocenters. The van der Waals surface area contributed by atoms with E-state index < -0.39 is 17.8 Å². The quantitative estimate of drug-likeness (QED) is 0.816. The lowest BCUT2D eigenvalue weighted by molar-refractivity contribution is -0.139. The van der Waals surface area contributed by atoms with Gasteiger partial charge in [-0.3, -0.25) is 0 Å². The van der Waals surface area contributed by atoms with Crippen LogP contribution in [0.15, 0.2) is 42.5 Å². The fourth-order valence-electron chi connectivity index (χ4n) is 1.91. The van der Waals surface area contributed by atoms with Crippen LogP contribution in [0.1, 0.15) is 22.8 Å². The highest BCUT2D eigenvalue weighted by Crippen LogP contribution is 2.37. The van der Waals surface area contributed by atoms with Crippen LogP contribution in [0.2, 0.25) is 10.0 Å². The predicted octanol–water partition coefficient (Wildman–Crippen LogP) is 5.09. The van der Waals surface area contributed by atoms with Crippen molar-refractivity contribution in [2.24, 2.45) is 0 Å². The minimum atomic E-state index is -4.54. The Morgan fingerprint density at radius 2 is 1.50 bits per heavy atom. The zero-order valence-electron chi connectivity index (χ0n) is 9.96. The van der Waals surface area contributed by atoms with Crippen molar-refractivity contribution in [1.29, 1.82) is 0 Å². The molecule has 1 N–H and O–H groups in total. The highest BCUT2D eigenvalue weighted by Gasteiger charge is 2.34. The highest BCUT2D eigenvalue weighted by molar-refractivity contribution is 6.34. The zero-order valence-corrected chi connectivity index (χ0v) is 11.5. The maximum absolute atomic E-state index is 12.9. The Kier molecular flexibility index (Phi) is 4.28. The summed E-state index contributed by atoms with van der Waals surface area (Å²) >= 11 is 11.6. The van der Waals surface area contributed by atoms with Gasteiger partial charge in [-0.15, -0.1) is 0 Å². The first-order chi connectivity index (χ1) is 9.29. The lowest BCUT2D eigenvalue weighted by Gasteiger charge is -2.18. The van der Waals surface area contributed by atoms with Crippen molar-refractivity contribution in [2.45, 2.75) is 12.3 Å². The van der Waals surface area contributed by atoms with Crippen molar-refractivity contribution in [2.75, 3.05) is 0 Å². The van der Waals surface area contributed by atoms with Crippen LogP contribution in [-0.2, 0) is 6.18 Å². The Balaban J connectivity index is 2.51. The van der Waals surface area contributed by atoms with Gasteiger partial charge in [-0.05, 0) is 35.4 Å². The summed E-state index contributed by atoms with van der Waals surface area (Å²) in [5.41, 5.74) is -0.916. The summed E-state index contributed by atoms with van der Waals surface area (Å²) in [6.45, 7) is 0. The van der Waals surface area contributed by atoms with E-state index in [1.807, 2.05) is 0 Å². The minimum absolute atomic E-state index is 0.208. The summed E-state index contributed by atoms with van der Waals surface area (Å²) < 4.78 is 38.8. The Hall–Kier alpha value is -1.23. The molecule has 1 nitrogen and oxygen atoms in total. The molecule has 0 saturated heterocycles. The van der Waals surface area contributed by atoms with Gasteiger partial charge in [-0.1, -0.05) is 41.4 Å². The third-order valence-corrected chi connectivity index (χ3v) is 3.20. The summed E-state index contributed by atoms with van der Waals surface area (Å²) in [6, 6.07) is 9.04. The molecule has 6 heteroatoms. The van der Waals surface area contributed by atoms with Crippen LogP contribution in [-0.4, -0.2) is 5.11 Å². The molecule has 20 heavy (non-hydrogen) atoms. The molecule has 0 amide bonds. The van der Waals surface area contributed by atoms with Crippen LogP contribution < -0.4 is 0 Å². The van der Waals surface area contributed by atoms with E-state index in [0.29, 0.717) is 0 Å². The van der Waals surface area contributed by atoms with Gasteiger partial charge < -0.3 is 5.11 Å². The van der Waals surface area contributed by atoms with E-state index in [2.05, 4.69) is 0 Å². The Labute approximate surface area is 123 Å². The van der Waals surface area contributed by atoms with Gasteiger partial charge in [0.05, 0.1) is 5.56 Å². The molecule has 0 saturated carbocycles. The average molecular weight is 321 g/mol. The van der Waals surface area contributed by atoms with E-state index in [9.17, 15) is 18.3 Å². The largest absolute Gasteiger partial charge is 0.416 e. The first kappa shape index (κ1) is 15.2. The molecular formula is C14H9Cl2F3O. The third-order valence-electron chi connectivity index (χ3n) is 2.76. The minimum Gasteiger partial charge on any atom is -0.384 e. The van der Waals surface area contributed by atoms with Crippen LogP contribution in [0.3, 0.4) is 0 Å². The summed E-state index contributed by atoms with van der Waals surface area (Å²) in [6.07, 6.45) is -6.00. The maximum atomic E-state index is 12.9. The molecule has 2 aromatic rings. The predicted molar refractivity (Wildman–Crippen MR) is 72.0 cm³/mol. The van der Waals surface area contributed by atoms with Crippen LogP contribution >= 0.6 is 23.2 Å². The summed E-state index contributed by atoms with van der Waals surface area (Å²) in [5, 5.41) is 10.7. The number of rotatable bonds is 2. The molecule has 0 aromatic heterocycles. The lowest BCUT2D eigenvalue weighted by Crippen LogP contribution is -2.12. The van der Waals surface area contributed by atoms with E-state index in [0.717, 1.165) is 6.07 Å². The summed E-state index contributed by atoms with van der Waals surface area (Å²) in [7, 11) is 0. The maximum Gasteiger partial charge on any atom is 0.416 e. The van der Waals surface area contributed by atoms with Crippen molar-refractivity contribution in [3.05, 3.63) is 69.2 Å². The lowest BCUT2D eigenvalue weighted by atomic mass is 9.96. The molecule has 0 aliphatic rings. The van der Waals surface area contributed by atoms with Crippen LogP contribution in [0.25, 0.3) is 0 Å². The monoisotopic (exact) mass is 320 g/mol. The van der Waals surface area contributed by atoms with E-state index in [1.54, 1.807) is 0 Å². The number of halogens is 5. The van der Waals surface area contributed by atoms with Crippen molar-refractivity contribution in [1.82, 2.24) is 0 Å². The normalized spacial score (nSPS) is 13.3. The molecule has 0 aliphatic heterocycles. The van der Waals surface area contributed by atoms with E-state index >= 15 is 0 Å². The standard InChI is InChI=1S/C14H9Cl2F3O/c15-9-5-8(6-10(16)7-9)13(20)11-3-1-2-4-12(11)14(17,18)19/h1-7,13,20H. The first-order valence-corrected chi connectivity index (χ1v) is 6.35. The second-order valence-electron chi connectivity index (χ2n) is 4.19. The SMILES string of the molecule is OC(c1cc(Cl)cc(Cl)c1)c1ccccc1C(F)(F)F. The number of aliphatic hydroxyl groups excluding tert-OH is 1. The van der Waals surface area contributed by atoms with Crippen LogP contribution in [0.4, 0.5) is 13.2 Å². The fourth-order valence-corrected chi connectivity index (χ4v) is 2.45. The first-order valence-electron chi connectivity index (χ1n) is 5.59. The van der Waals surface area contributed by atoms with Gasteiger partial charge >= 0.3 is 6.18 Å². The smallest absolute Gasteiger partial charge is 0.384 e. The number of hydrogen-bond donors (Lipinski definition) is 1. The molecule has 1 unspecified atom stereocenters. The number of aliphatic hydroxyl groups is 1. The van der Waals surface area contributed by atoms with Crippen molar-refractivity contribution in [3.63, 3.8) is 0 Å². The van der Waals surface area contributed by atoms with Gasteiger partial charge in [0.2, 0.25) is 0 Å². The second-order valence-corrected chi connectivity index (χ2v) is 5.06. The van der Waals surface area contributed by atoms with Crippen molar-refractivity contribution in [3.8, 4) is 0 Å². The zero-order chi connectivity index (χ0) is 14.9. The highest BCUT2D eigenvalue weighted by atomic mass is 35.5. The number of benzene rings is 2. The van der Waals surface area contributed by atoms with Crippen LogP contribution in [0, 0.1) is 0 Å². The molecule has 2 aromatic carbocycles. The molecule has 0 aliphatic carbocycles. The van der Waals surface area contributed by atoms with Gasteiger partial charge in [0.15, 0.2) is 0 Å². The summed E-state index contributed by atoms with van der Waals surface area (Å²) in [4.78, 5) is 0. The van der Waals surface area contributed by atoms with Gasteiger partial charge in [-0.2, -0.15) is 13.2 Å². The molecule has 0 bridgehead atoms. The molecule has 0 spiro atoms. The van der Waals surface area contributed by atoms with E-state index in [-0.39, 0.29) is 21.2 Å². The molecule has 106 valence electrons. The Bertz CT molecular complexity index is 606. The average Bonchev–Trinajstić information content (AvgIpc) is 2.35. The number of alkyl halides is 3. The van der Waals surface area contributed by atoms with E-state index in [4.69, 9.17) is 23.2 Å². The van der Waals surface area contributed by atoms with Gasteiger partial charge in [0, 0.05) is 10.0 Å². The molecule has 0 fully saturated rings. The van der Waals surface area contributed by atoms with Crippen molar-refractivity contribution < 1.29 is 18.3 Å². The molecule has 0 radical (unpaired) electrons. The fraction of sp³-hybridized carbons (Fsp3) is 0.143. The van der Waals surface area contributed by atoms with Gasteiger partial charge in [-0.25, -0.2) is 0 Å². The van der Waals surface area contributed by atoms with Crippen molar-refractivity contribution >= 4 is 23.2 Å². The Morgan fingerprint density at radius 1 is 0.950 bits per heavy atom. The van der Waals surface area contributed by atoms with Crippen LogP contribution in [0.5, 0.6) is 0 Å². The van der Waals surface area contributed by atoms with Gasteiger partial charge in [0.25, 0.3) is 0 Å².